The van der Waals surface area contributed by atoms with Crippen LogP contribution >= 0.6 is 11.8 Å². The van der Waals surface area contributed by atoms with Crippen molar-refractivity contribution in [1.29, 1.82) is 0 Å². The number of ether oxygens (including phenoxy) is 1. The summed E-state index contributed by atoms with van der Waals surface area (Å²) < 4.78 is 6.99. The molecule has 0 saturated heterocycles. The number of aromatic nitrogens is 3. The van der Waals surface area contributed by atoms with Gasteiger partial charge in [-0.1, -0.05) is 62.0 Å². The second-order valence-electron chi connectivity index (χ2n) is 8.69. The Kier molecular flexibility index (Phi) is 7.90. The summed E-state index contributed by atoms with van der Waals surface area (Å²) in [5, 5.41) is 17.3. The lowest BCUT2D eigenvalue weighted by atomic mass is 10.0. The van der Waals surface area contributed by atoms with Crippen molar-refractivity contribution >= 4 is 40.0 Å². The highest BCUT2D eigenvalue weighted by Crippen LogP contribution is 2.26. The van der Waals surface area contributed by atoms with E-state index in [1.54, 1.807) is 31.4 Å². The first-order chi connectivity index (χ1) is 17.4. The number of carbonyl (C=O) groups is 2. The van der Waals surface area contributed by atoms with Crippen molar-refractivity contribution in [3.63, 3.8) is 0 Å². The lowest BCUT2D eigenvalue weighted by molar-refractivity contribution is -0.113. The molecule has 1 aromatic heterocycles. The number of fused-ring (bicyclic) bond motifs is 1. The van der Waals surface area contributed by atoms with Gasteiger partial charge in [0.15, 0.2) is 11.0 Å². The number of hydrogen-bond donors (Lipinski definition) is 2. The number of rotatable bonds is 9. The summed E-state index contributed by atoms with van der Waals surface area (Å²) in [5.41, 5.74) is 1.31. The molecule has 8 nitrogen and oxygen atoms in total. The summed E-state index contributed by atoms with van der Waals surface area (Å²) in [6.45, 7) is 4.02. The van der Waals surface area contributed by atoms with Gasteiger partial charge >= 0.3 is 0 Å². The van der Waals surface area contributed by atoms with Gasteiger partial charge in [0.2, 0.25) is 5.91 Å². The van der Waals surface area contributed by atoms with Gasteiger partial charge in [-0.05, 0) is 41.6 Å². The minimum absolute atomic E-state index is 0.0719. The molecule has 4 rings (SSSR count). The topological polar surface area (TPSA) is 98.1 Å². The van der Waals surface area contributed by atoms with Gasteiger partial charge in [-0.3, -0.25) is 9.59 Å². The fourth-order valence-electron chi connectivity index (χ4n) is 3.87. The molecule has 186 valence electrons. The molecule has 36 heavy (non-hydrogen) atoms. The molecule has 0 unspecified atom stereocenters. The number of methoxy groups -OCH3 is 1. The molecule has 0 aliphatic carbocycles. The standard InChI is InChI=1S/C27H29N5O3S/c1-17(2)24(29-26(34)19-12-14-20(35-4)15-13-19)25-30-31-27(32(25)3)36-16-23(33)28-22-11-7-9-18-8-5-6-10-21(18)22/h5-15,17,24H,16H2,1-4H3,(H,28,33)(H,29,34)/t24-/m1/s1. The molecular weight excluding hydrogens is 474 g/mol. The van der Waals surface area contributed by atoms with E-state index >= 15 is 0 Å². The van der Waals surface area contributed by atoms with Crippen LogP contribution in [0.15, 0.2) is 71.9 Å². The van der Waals surface area contributed by atoms with E-state index in [0.29, 0.717) is 22.3 Å². The lowest BCUT2D eigenvalue weighted by Gasteiger charge is -2.21. The first-order valence-electron chi connectivity index (χ1n) is 11.6. The molecule has 0 radical (unpaired) electrons. The Morgan fingerprint density at radius 2 is 1.72 bits per heavy atom. The molecule has 4 aromatic rings. The van der Waals surface area contributed by atoms with Crippen molar-refractivity contribution in [2.24, 2.45) is 13.0 Å². The van der Waals surface area contributed by atoms with Crippen molar-refractivity contribution in [2.45, 2.75) is 25.0 Å². The number of hydrogen-bond acceptors (Lipinski definition) is 6. The van der Waals surface area contributed by atoms with Crippen molar-refractivity contribution in [1.82, 2.24) is 20.1 Å². The van der Waals surface area contributed by atoms with Crippen molar-refractivity contribution in [3.8, 4) is 5.75 Å². The molecule has 1 heterocycles. The van der Waals surface area contributed by atoms with Crippen LogP contribution in [0.3, 0.4) is 0 Å². The zero-order valence-electron chi connectivity index (χ0n) is 20.7. The molecule has 2 N–H and O–H groups in total. The Hall–Kier alpha value is -3.85. The van der Waals surface area contributed by atoms with E-state index in [1.807, 2.05) is 67.9 Å². The van der Waals surface area contributed by atoms with Crippen LogP contribution in [0.4, 0.5) is 5.69 Å². The van der Waals surface area contributed by atoms with E-state index in [4.69, 9.17) is 4.74 Å². The van der Waals surface area contributed by atoms with Crippen LogP contribution in [0.2, 0.25) is 0 Å². The van der Waals surface area contributed by atoms with Gasteiger partial charge in [-0.15, -0.1) is 10.2 Å². The van der Waals surface area contributed by atoms with Gasteiger partial charge in [-0.25, -0.2) is 0 Å². The summed E-state index contributed by atoms with van der Waals surface area (Å²) in [4.78, 5) is 25.5. The number of anilines is 1. The Morgan fingerprint density at radius 1 is 1.00 bits per heavy atom. The molecule has 0 aliphatic heterocycles. The van der Waals surface area contributed by atoms with E-state index in [1.165, 1.54) is 11.8 Å². The fourth-order valence-corrected chi connectivity index (χ4v) is 4.59. The molecule has 2 amide bonds. The number of nitrogens with one attached hydrogen (secondary N) is 2. The molecule has 3 aromatic carbocycles. The number of nitrogens with zero attached hydrogens (tertiary/aromatic N) is 3. The third-order valence-corrected chi connectivity index (χ3v) is 6.87. The highest BCUT2D eigenvalue weighted by atomic mass is 32.2. The minimum Gasteiger partial charge on any atom is -0.497 e. The SMILES string of the molecule is COc1ccc(C(=O)N[C@@H](c2nnc(SCC(=O)Nc3cccc4ccccc34)n2C)C(C)C)cc1. The highest BCUT2D eigenvalue weighted by molar-refractivity contribution is 7.99. The third-order valence-electron chi connectivity index (χ3n) is 5.85. The summed E-state index contributed by atoms with van der Waals surface area (Å²) in [7, 11) is 3.43. The predicted octanol–water partition coefficient (Wildman–Crippen LogP) is 4.83. The smallest absolute Gasteiger partial charge is 0.251 e. The maximum atomic E-state index is 12.9. The highest BCUT2D eigenvalue weighted by Gasteiger charge is 2.25. The van der Waals surface area contributed by atoms with Crippen molar-refractivity contribution in [3.05, 3.63) is 78.1 Å². The molecule has 0 aliphatic rings. The van der Waals surface area contributed by atoms with Crippen LogP contribution in [0, 0.1) is 5.92 Å². The van der Waals surface area contributed by atoms with E-state index in [0.717, 1.165) is 16.5 Å². The van der Waals surface area contributed by atoms with Crippen LogP contribution in [0.5, 0.6) is 5.75 Å². The number of amides is 2. The average molecular weight is 504 g/mol. The minimum atomic E-state index is -0.351. The monoisotopic (exact) mass is 503 g/mol. The van der Waals surface area contributed by atoms with Gasteiger partial charge in [0.25, 0.3) is 5.91 Å². The van der Waals surface area contributed by atoms with E-state index < -0.39 is 0 Å². The molecule has 0 saturated carbocycles. The Labute approximate surface area is 214 Å². The van der Waals surface area contributed by atoms with Gasteiger partial charge in [-0.2, -0.15) is 0 Å². The zero-order chi connectivity index (χ0) is 25.7. The summed E-state index contributed by atoms with van der Waals surface area (Å²) >= 11 is 1.30. The normalized spacial score (nSPS) is 11.9. The molecule has 0 bridgehead atoms. The molecule has 0 spiro atoms. The number of thioether (sulfide) groups is 1. The van der Waals surface area contributed by atoms with Gasteiger partial charge in [0.1, 0.15) is 5.75 Å². The lowest BCUT2D eigenvalue weighted by Crippen LogP contribution is -2.33. The number of carbonyl (C=O) groups excluding carboxylic acids is 2. The quantitative estimate of drug-likeness (QED) is 0.317. The Bertz CT molecular complexity index is 1360. The molecular formula is C27H29N5O3S. The third kappa shape index (κ3) is 5.68. The Balaban J connectivity index is 1.42. The molecule has 9 heteroatoms. The van der Waals surface area contributed by atoms with Crippen LogP contribution < -0.4 is 15.4 Å². The summed E-state index contributed by atoms with van der Waals surface area (Å²) in [5.74, 6) is 1.23. The Morgan fingerprint density at radius 3 is 2.44 bits per heavy atom. The molecule has 0 fully saturated rings. The fraction of sp³-hybridized carbons (Fsp3) is 0.259. The largest absolute Gasteiger partial charge is 0.497 e. The second-order valence-corrected chi connectivity index (χ2v) is 9.63. The van der Waals surface area contributed by atoms with Gasteiger partial charge in [0, 0.05) is 23.7 Å². The first kappa shape index (κ1) is 25.2. The van der Waals surface area contributed by atoms with E-state index in [9.17, 15) is 9.59 Å². The zero-order valence-corrected chi connectivity index (χ0v) is 21.5. The van der Waals surface area contributed by atoms with Gasteiger partial charge < -0.3 is 19.9 Å². The summed E-state index contributed by atoms with van der Waals surface area (Å²) in [6.07, 6.45) is 0. The van der Waals surface area contributed by atoms with E-state index in [-0.39, 0.29) is 29.5 Å². The van der Waals surface area contributed by atoms with Gasteiger partial charge in [0.05, 0.1) is 18.9 Å². The van der Waals surface area contributed by atoms with Crippen LogP contribution in [0.25, 0.3) is 10.8 Å². The van der Waals surface area contributed by atoms with E-state index in [2.05, 4.69) is 20.8 Å². The second kappa shape index (κ2) is 11.3. The molecule has 1 atom stereocenters. The maximum absolute atomic E-state index is 12.9. The van der Waals surface area contributed by atoms with Crippen LogP contribution in [-0.4, -0.2) is 39.4 Å². The predicted molar refractivity (Wildman–Crippen MR) is 142 cm³/mol. The number of benzene rings is 3. The summed E-state index contributed by atoms with van der Waals surface area (Å²) in [6, 6.07) is 20.3. The average Bonchev–Trinajstić information content (AvgIpc) is 3.25. The van der Waals surface area contributed by atoms with Crippen LogP contribution in [0.1, 0.15) is 36.1 Å². The van der Waals surface area contributed by atoms with Crippen LogP contribution in [-0.2, 0) is 11.8 Å². The maximum Gasteiger partial charge on any atom is 0.251 e. The first-order valence-corrected chi connectivity index (χ1v) is 12.6. The van der Waals surface area contributed by atoms with Crippen molar-refractivity contribution in [2.75, 3.05) is 18.2 Å². The van der Waals surface area contributed by atoms with Crippen molar-refractivity contribution < 1.29 is 14.3 Å².